The maximum absolute atomic E-state index is 10.6. The molecule has 2 atom stereocenters. The lowest BCUT2D eigenvalue weighted by molar-refractivity contribution is -0.112. The molecule has 0 aliphatic heterocycles. The minimum absolute atomic E-state index is 0.175. The summed E-state index contributed by atoms with van der Waals surface area (Å²) in [6.07, 6.45) is 7.46. The summed E-state index contributed by atoms with van der Waals surface area (Å²) in [4.78, 5) is 10.6. The van der Waals surface area contributed by atoms with E-state index in [4.69, 9.17) is 0 Å². The van der Waals surface area contributed by atoms with E-state index in [-0.39, 0.29) is 5.41 Å². The molecule has 0 bridgehead atoms. The Bertz CT molecular complexity index is 170. The van der Waals surface area contributed by atoms with Crippen molar-refractivity contribution < 1.29 is 4.79 Å². The summed E-state index contributed by atoms with van der Waals surface area (Å²) in [5.74, 6) is 1.88. The van der Waals surface area contributed by atoms with Crippen LogP contribution in [0.5, 0.6) is 0 Å². The van der Waals surface area contributed by atoms with Gasteiger partial charge in [0, 0.05) is 5.41 Å². The number of hydrogen-bond donors (Lipinski definition) is 0. The summed E-state index contributed by atoms with van der Waals surface area (Å²) in [5.41, 5.74) is 0.175. The zero-order valence-corrected chi connectivity index (χ0v) is 7.18. The SMILES string of the molecule is CCC1CC1CC1(C=O)CC1. The Hall–Kier alpha value is -0.330. The Kier molecular flexibility index (Phi) is 1.55. The predicted molar refractivity (Wildman–Crippen MR) is 44.2 cm³/mol. The van der Waals surface area contributed by atoms with Crippen molar-refractivity contribution in [2.24, 2.45) is 17.3 Å². The lowest BCUT2D eigenvalue weighted by Crippen LogP contribution is -2.03. The molecule has 0 aromatic heterocycles. The van der Waals surface area contributed by atoms with Gasteiger partial charge in [-0.2, -0.15) is 0 Å². The Morgan fingerprint density at radius 3 is 2.55 bits per heavy atom. The van der Waals surface area contributed by atoms with E-state index in [0.29, 0.717) is 0 Å². The van der Waals surface area contributed by atoms with E-state index in [1.54, 1.807) is 0 Å². The van der Waals surface area contributed by atoms with Crippen LogP contribution in [0.25, 0.3) is 0 Å². The topological polar surface area (TPSA) is 17.1 Å². The molecule has 0 saturated heterocycles. The molecule has 2 unspecified atom stereocenters. The molecule has 0 radical (unpaired) electrons. The van der Waals surface area contributed by atoms with Crippen LogP contribution in [-0.2, 0) is 4.79 Å². The average Bonchev–Trinajstić information content (AvgIpc) is 2.89. The average molecular weight is 152 g/mol. The van der Waals surface area contributed by atoms with Crippen LogP contribution in [-0.4, -0.2) is 6.29 Å². The fourth-order valence-corrected chi connectivity index (χ4v) is 2.11. The molecule has 2 fully saturated rings. The molecule has 0 heterocycles. The van der Waals surface area contributed by atoms with Gasteiger partial charge in [0.05, 0.1) is 0 Å². The molecule has 0 amide bonds. The Balaban J connectivity index is 1.79. The first-order valence-electron chi connectivity index (χ1n) is 4.76. The van der Waals surface area contributed by atoms with Crippen LogP contribution in [0.2, 0.25) is 0 Å². The van der Waals surface area contributed by atoms with E-state index in [1.807, 2.05) is 0 Å². The van der Waals surface area contributed by atoms with Gasteiger partial charge in [-0.05, 0) is 37.5 Å². The van der Waals surface area contributed by atoms with Gasteiger partial charge >= 0.3 is 0 Å². The standard InChI is InChI=1S/C10H16O/c1-2-8-5-9(8)6-10(7-11)3-4-10/h7-9H,2-6H2,1H3. The molecule has 1 nitrogen and oxygen atoms in total. The van der Waals surface area contributed by atoms with Crippen LogP contribution >= 0.6 is 0 Å². The highest BCUT2D eigenvalue weighted by Crippen LogP contribution is 2.56. The largest absolute Gasteiger partial charge is 0.303 e. The summed E-state index contributed by atoms with van der Waals surface area (Å²) in [6, 6.07) is 0. The first-order chi connectivity index (χ1) is 5.29. The molecule has 2 aliphatic rings. The van der Waals surface area contributed by atoms with Gasteiger partial charge in [-0.3, -0.25) is 0 Å². The highest BCUT2D eigenvalue weighted by atomic mass is 16.1. The molecule has 2 rings (SSSR count). The zero-order chi connectivity index (χ0) is 7.90. The predicted octanol–water partition coefficient (Wildman–Crippen LogP) is 2.40. The summed E-state index contributed by atoms with van der Waals surface area (Å²) < 4.78 is 0. The Morgan fingerprint density at radius 1 is 1.45 bits per heavy atom. The van der Waals surface area contributed by atoms with E-state index in [9.17, 15) is 4.79 Å². The van der Waals surface area contributed by atoms with Crippen LogP contribution in [0.3, 0.4) is 0 Å². The zero-order valence-electron chi connectivity index (χ0n) is 7.18. The quantitative estimate of drug-likeness (QED) is 0.565. The van der Waals surface area contributed by atoms with Gasteiger partial charge < -0.3 is 4.79 Å². The number of carbonyl (C=O) groups excluding carboxylic acids is 1. The van der Waals surface area contributed by atoms with Crippen molar-refractivity contribution in [3.8, 4) is 0 Å². The van der Waals surface area contributed by atoms with E-state index in [0.717, 1.165) is 11.8 Å². The second kappa shape index (κ2) is 2.33. The lowest BCUT2D eigenvalue weighted by atomic mass is 10.00. The van der Waals surface area contributed by atoms with Gasteiger partial charge in [0.1, 0.15) is 6.29 Å². The highest BCUT2D eigenvalue weighted by Gasteiger charge is 2.49. The molecule has 2 saturated carbocycles. The number of aldehydes is 1. The molecule has 2 aliphatic carbocycles. The van der Waals surface area contributed by atoms with E-state index < -0.39 is 0 Å². The molecule has 0 N–H and O–H groups in total. The fourth-order valence-electron chi connectivity index (χ4n) is 2.11. The van der Waals surface area contributed by atoms with Crippen LogP contribution in [0.4, 0.5) is 0 Å². The second-order valence-corrected chi connectivity index (χ2v) is 4.35. The van der Waals surface area contributed by atoms with Crippen molar-refractivity contribution in [2.45, 2.75) is 39.0 Å². The molecule has 62 valence electrons. The fraction of sp³-hybridized carbons (Fsp3) is 0.900. The van der Waals surface area contributed by atoms with Crippen molar-refractivity contribution in [1.29, 1.82) is 0 Å². The summed E-state index contributed by atoms with van der Waals surface area (Å²) >= 11 is 0. The van der Waals surface area contributed by atoms with Gasteiger partial charge in [0.2, 0.25) is 0 Å². The van der Waals surface area contributed by atoms with E-state index in [1.165, 1.54) is 38.4 Å². The van der Waals surface area contributed by atoms with Gasteiger partial charge in [-0.25, -0.2) is 0 Å². The van der Waals surface area contributed by atoms with Crippen molar-refractivity contribution in [1.82, 2.24) is 0 Å². The van der Waals surface area contributed by atoms with Crippen molar-refractivity contribution in [3.05, 3.63) is 0 Å². The van der Waals surface area contributed by atoms with Crippen LogP contribution in [0, 0.1) is 17.3 Å². The van der Waals surface area contributed by atoms with Crippen LogP contribution in [0.1, 0.15) is 39.0 Å². The van der Waals surface area contributed by atoms with Gasteiger partial charge in [-0.1, -0.05) is 13.3 Å². The van der Waals surface area contributed by atoms with Crippen molar-refractivity contribution >= 4 is 6.29 Å². The summed E-state index contributed by atoms with van der Waals surface area (Å²) in [6.45, 7) is 2.26. The first-order valence-corrected chi connectivity index (χ1v) is 4.76. The monoisotopic (exact) mass is 152 g/mol. The van der Waals surface area contributed by atoms with E-state index >= 15 is 0 Å². The lowest BCUT2D eigenvalue weighted by Gasteiger charge is -2.04. The third kappa shape index (κ3) is 1.33. The minimum Gasteiger partial charge on any atom is -0.303 e. The highest BCUT2D eigenvalue weighted by molar-refractivity contribution is 5.63. The van der Waals surface area contributed by atoms with Gasteiger partial charge in [-0.15, -0.1) is 0 Å². The number of carbonyl (C=O) groups is 1. The Labute approximate surface area is 68.2 Å². The summed E-state index contributed by atoms with van der Waals surface area (Å²) in [5, 5.41) is 0. The van der Waals surface area contributed by atoms with Crippen molar-refractivity contribution in [3.63, 3.8) is 0 Å². The minimum atomic E-state index is 0.175. The number of hydrogen-bond acceptors (Lipinski definition) is 1. The molecule has 0 aromatic carbocycles. The molecular weight excluding hydrogens is 136 g/mol. The van der Waals surface area contributed by atoms with Gasteiger partial charge in [0.25, 0.3) is 0 Å². The first kappa shape index (κ1) is 7.33. The summed E-state index contributed by atoms with van der Waals surface area (Å²) in [7, 11) is 0. The molecular formula is C10H16O. The van der Waals surface area contributed by atoms with E-state index in [2.05, 4.69) is 6.92 Å². The third-order valence-electron chi connectivity index (χ3n) is 3.40. The Morgan fingerprint density at radius 2 is 2.18 bits per heavy atom. The van der Waals surface area contributed by atoms with Crippen molar-refractivity contribution in [2.75, 3.05) is 0 Å². The van der Waals surface area contributed by atoms with Crippen LogP contribution in [0.15, 0.2) is 0 Å². The smallest absolute Gasteiger partial charge is 0.126 e. The second-order valence-electron chi connectivity index (χ2n) is 4.35. The molecule has 11 heavy (non-hydrogen) atoms. The maximum Gasteiger partial charge on any atom is 0.126 e. The normalized spacial score (nSPS) is 38.3. The van der Waals surface area contributed by atoms with Crippen LogP contribution < -0.4 is 0 Å². The molecule has 0 aromatic rings. The third-order valence-corrected chi connectivity index (χ3v) is 3.40. The molecule has 1 heteroatoms. The maximum atomic E-state index is 10.6. The van der Waals surface area contributed by atoms with Gasteiger partial charge in [0.15, 0.2) is 0 Å². The number of rotatable bonds is 4. The molecule has 0 spiro atoms.